The minimum atomic E-state index is -0.614. The fourth-order valence-electron chi connectivity index (χ4n) is 2.93. The first-order valence-electron chi connectivity index (χ1n) is 7.53. The molecule has 2 aromatic rings. The van der Waals surface area contributed by atoms with Gasteiger partial charge in [0.15, 0.2) is 5.78 Å². The fourth-order valence-corrected chi connectivity index (χ4v) is 2.93. The summed E-state index contributed by atoms with van der Waals surface area (Å²) < 4.78 is 2.13. The van der Waals surface area contributed by atoms with Crippen LogP contribution in [0.4, 0.5) is 5.69 Å². The molecule has 1 aliphatic rings. The Labute approximate surface area is 137 Å². The van der Waals surface area contributed by atoms with Crippen LogP contribution in [-0.2, 0) is 20.5 Å². The van der Waals surface area contributed by atoms with Crippen LogP contribution >= 0.6 is 0 Å². The van der Waals surface area contributed by atoms with Crippen LogP contribution in [-0.4, -0.2) is 27.4 Å². The third-order valence-corrected chi connectivity index (χ3v) is 4.30. The van der Waals surface area contributed by atoms with Gasteiger partial charge >= 0.3 is 5.69 Å². The Morgan fingerprint density at radius 1 is 1.12 bits per heavy atom. The number of aromatic nitrogens is 2. The number of rotatable bonds is 2. The van der Waals surface area contributed by atoms with Crippen molar-refractivity contribution in [2.45, 2.75) is 13.3 Å². The Hall–Kier alpha value is -2.96. The van der Waals surface area contributed by atoms with Gasteiger partial charge in [-0.15, -0.1) is 0 Å². The van der Waals surface area contributed by atoms with Crippen LogP contribution in [0.2, 0.25) is 0 Å². The summed E-state index contributed by atoms with van der Waals surface area (Å²) in [7, 11) is 2.84. The van der Waals surface area contributed by atoms with Gasteiger partial charge in [-0.3, -0.25) is 19.0 Å². The number of carbonyl (C=O) groups is 2. The summed E-state index contributed by atoms with van der Waals surface area (Å²) in [5.41, 5.74) is 1.05. The minimum Gasteiger partial charge on any atom is -0.308 e. The molecule has 0 bridgehead atoms. The number of nitrogens with zero attached hydrogens (tertiary/aromatic N) is 3. The van der Waals surface area contributed by atoms with E-state index in [4.69, 9.17) is 0 Å². The zero-order valence-corrected chi connectivity index (χ0v) is 13.7. The first-order chi connectivity index (χ1) is 11.3. The third-order valence-electron chi connectivity index (χ3n) is 4.30. The maximum absolute atomic E-state index is 12.8. The molecule has 7 nitrogen and oxygen atoms in total. The predicted octanol–water partition coefficient (Wildman–Crippen LogP) is 0.489. The number of carbonyl (C=O) groups excluding carboxylic acids is 2. The van der Waals surface area contributed by atoms with Crippen LogP contribution < -0.4 is 16.1 Å². The van der Waals surface area contributed by atoms with Crippen LogP contribution in [0, 0.1) is 0 Å². The van der Waals surface area contributed by atoms with Crippen molar-refractivity contribution in [3.8, 4) is 0 Å². The largest absolute Gasteiger partial charge is 0.330 e. The van der Waals surface area contributed by atoms with Gasteiger partial charge in [-0.25, -0.2) is 4.79 Å². The molecule has 3 rings (SSSR count). The molecule has 1 aromatic carbocycles. The number of fused-ring (bicyclic) bond motifs is 1. The zero-order chi connectivity index (χ0) is 17.6. The first-order valence-corrected chi connectivity index (χ1v) is 7.53. The van der Waals surface area contributed by atoms with Crippen molar-refractivity contribution in [3.63, 3.8) is 0 Å². The lowest BCUT2D eigenvalue weighted by molar-refractivity contribution is 0.0984. The second-order valence-electron chi connectivity index (χ2n) is 5.91. The molecule has 1 aromatic heterocycles. The van der Waals surface area contributed by atoms with Gasteiger partial charge in [0.25, 0.3) is 11.5 Å². The van der Waals surface area contributed by atoms with Crippen LogP contribution in [0.1, 0.15) is 33.2 Å². The molecule has 7 heteroatoms. The maximum Gasteiger partial charge on any atom is 0.330 e. The number of hydrogen-bond donors (Lipinski definition) is 0. The molecule has 1 amide bonds. The Balaban J connectivity index is 2.05. The van der Waals surface area contributed by atoms with E-state index in [1.807, 2.05) is 0 Å². The summed E-state index contributed by atoms with van der Waals surface area (Å²) in [4.78, 5) is 49.8. The van der Waals surface area contributed by atoms with Gasteiger partial charge in [0.05, 0.1) is 0 Å². The van der Waals surface area contributed by atoms with Crippen LogP contribution in [0.25, 0.3) is 0 Å². The van der Waals surface area contributed by atoms with Gasteiger partial charge in [0, 0.05) is 38.1 Å². The maximum atomic E-state index is 12.8. The normalized spacial score (nSPS) is 13.0. The summed E-state index contributed by atoms with van der Waals surface area (Å²) in [6.45, 7) is 1.93. The Morgan fingerprint density at radius 2 is 1.83 bits per heavy atom. The monoisotopic (exact) mass is 327 g/mol. The number of benzene rings is 1. The quantitative estimate of drug-likeness (QED) is 0.752. The highest BCUT2D eigenvalue weighted by Crippen LogP contribution is 2.29. The molecular weight excluding hydrogens is 310 g/mol. The molecule has 0 radical (unpaired) electrons. The average molecular weight is 327 g/mol. The molecule has 1 aliphatic heterocycles. The average Bonchev–Trinajstić information content (AvgIpc) is 2.98. The standard InChI is InChI=1S/C17H17N3O4/c1-10(21)11-4-5-14-12(8-11)6-7-20(14)16(23)13-9-18(2)17(24)19(3)15(13)22/h4-5,8-9H,6-7H2,1-3H3. The van der Waals surface area contributed by atoms with Crippen LogP contribution in [0.3, 0.4) is 0 Å². The predicted molar refractivity (Wildman–Crippen MR) is 88.8 cm³/mol. The highest BCUT2D eigenvalue weighted by molar-refractivity contribution is 6.07. The van der Waals surface area contributed by atoms with Crippen molar-refractivity contribution < 1.29 is 9.59 Å². The molecule has 0 atom stereocenters. The van der Waals surface area contributed by atoms with Crippen molar-refractivity contribution in [2.24, 2.45) is 14.1 Å². The molecule has 0 saturated carbocycles. The fraction of sp³-hybridized carbons (Fsp3) is 0.294. The van der Waals surface area contributed by atoms with E-state index in [0.717, 1.165) is 10.1 Å². The molecule has 2 heterocycles. The van der Waals surface area contributed by atoms with E-state index in [1.54, 1.807) is 18.2 Å². The number of ketones is 1. The van der Waals surface area contributed by atoms with E-state index in [1.165, 1.54) is 36.7 Å². The van der Waals surface area contributed by atoms with Gasteiger partial charge in [-0.1, -0.05) is 0 Å². The molecule has 0 aliphatic carbocycles. The number of aryl methyl sites for hydroxylation is 1. The van der Waals surface area contributed by atoms with Gasteiger partial charge < -0.3 is 9.47 Å². The lowest BCUT2D eigenvalue weighted by Gasteiger charge is -2.18. The second kappa shape index (κ2) is 5.59. The number of Topliss-reactive ketones (excluding diaryl/α,β-unsaturated/α-hetero) is 1. The van der Waals surface area contributed by atoms with Crippen molar-refractivity contribution in [1.29, 1.82) is 0 Å². The van der Waals surface area contributed by atoms with Crippen LogP contribution in [0.5, 0.6) is 0 Å². The summed E-state index contributed by atoms with van der Waals surface area (Å²) in [6.07, 6.45) is 1.89. The molecule has 0 N–H and O–H groups in total. The Bertz CT molecular complexity index is 984. The first kappa shape index (κ1) is 15.9. The minimum absolute atomic E-state index is 0.0329. The molecule has 0 spiro atoms. The molecule has 0 unspecified atom stereocenters. The summed E-state index contributed by atoms with van der Waals surface area (Å²) in [5.74, 6) is -0.477. The summed E-state index contributed by atoms with van der Waals surface area (Å²) >= 11 is 0. The lowest BCUT2D eigenvalue weighted by atomic mass is 10.1. The van der Waals surface area contributed by atoms with Crippen LogP contribution in [0.15, 0.2) is 34.0 Å². The zero-order valence-electron chi connectivity index (χ0n) is 13.7. The molecular formula is C17H17N3O4. The highest BCUT2D eigenvalue weighted by Gasteiger charge is 2.28. The van der Waals surface area contributed by atoms with Crippen molar-refractivity contribution in [2.75, 3.05) is 11.4 Å². The van der Waals surface area contributed by atoms with Gasteiger partial charge in [-0.2, -0.15) is 0 Å². The SMILES string of the molecule is CC(=O)c1ccc2c(c1)CCN2C(=O)c1cn(C)c(=O)n(C)c1=O. The van der Waals surface area contributed by atoms with Crippen molar-refractivity contribution >= 4 is 17.4 Å². The van der Waals surface area contributed by atoms with Gasteiger partial charge in [-0.05, 0) is 37.1 Å². The van der Waals surface area contributed by atoms with E-state index in [9.17, 15) is 19.2 Å². The lowest BCUT2D eigenvalue weighted by Crippen LogP contribution is -2.42. The highest BCUT2D eigenvalue weighted by atomic mass is 16.2. The number of hydrogen-bond acceptors (Lipinski definition) is 4. The van der Waals surface area contributed by atoms with Crippen molar-refractivity contribution in [1.82, 2.24) is 9.13 Å². The summed E-state index contributed by atoms with van der Waals surface area (Å²) in [6, 6.07) is 5.18. The van der Waals surface area contributed by atoms with E-state index < -0.39 is 17.2 Å². The molecule has 24 heavy (non-hydrogen) atoms. The summed E-state index contributed by atoms with van der Waals surface area (Å²) in [5, 5.41) is 0. The molecule has 0 fully saturated rings. The van der Waals surface area contributed by atoms with E-state index in [0.29, 0.717) is 24.2 Å². The Morgan fingerprint density at radius 3 is 2.50 bits per heavy atom. The van der Waals surface area contributed by atoms with Gasteiger partial charge in [0.1, 0.15) is 5.56 Å². The Kier molecular flexibility index (Phi) is 3.71. The topological polar surface area (TPSA) is 81.4 Å². The molecule has 124 valence electrons. The smallest absolute Gasteiger partial charge is 0.308 e. The van der Waals surface area contributed by atoms with E-state index in [-0.39, 0.29) is 11.3 Å². The number of amides is 1. The third kappa shape index (κ3) is 2.38. The molecule has 0 saturated heterocycles. The van der Waals surface area contributed by atoms with Gasteiger partial charge in [0.2, 0.25) is 0 Å². The number of anilines is 1. The second-order valence-corrected chi connectivity index (χ2v) is 5.91. The van der Waals surface area contributed by atoms with Crippen molar-refractivity contribution in [3.05, 3.63) is 61.9 Å². The van der Waals surface area contributed by atoms with E-state index >= 15 is 0 Å². The van der Waals surface area contributed by atoms with E-state index in [2.05, 4.69) is 0 Å².